The van der Waals surface area contributed by atoms with E-state index in [-0.39, 0.29) is 5.91 Å². The van der Waals surface area contributed by atoms with Crippen molar-refractivity contribution in [3.8, 4) is 11.8 Å². The Bertz CT molecular complexity index is 150. The molecule has 0 saturated carbocycles. The number of rotatable bonds is 0. The minimum Gasteiger partial charge on any atom is -0.338 e. The first-order chi connectivity index (χ1) is 4.18. The van der Waals surface area contributed by atoms with Gasteiger partial charge in [0.15, 0.2) is 0 Å². The number of nitrogens with zero attached hydrogens (tertiary/aromatic N) is 1. The topological polar surface area (TPSA) is 20.3 Å². The summed E-state index contributed by atoms with van der Waals surface area (Å²) < 4.78 is 0. The van der Waals surface area contributed by atoms with Gasteiger partial charge in [0, 0.05) is 20.5 Å². The molecule has 0 spiro atoms. The molecular formula is C7H11NO. The van der Waals surface area contributed by atoms with Crippen molar-refractivity contribution in [3.63, 3.8) is 0 Å². The summed E-state index contributed by atoms with van der Waals surface area (Å²) in [4.78, 5) is 12.1. The van der Waals surface area contributed by atoms with E-state index in [4.69, 9.17) is 0 Å². The Morgan fingerprint density at radius 3 is 2.44 bits per heavy atom. The van der Waals surface area contributed by atoms with Gasteiger partial charge in [-0.3, -0.25) is 4.79 Å². The third-order valence-electron chi connectivity index (χ3n) is 0.778. The van der Waals surface area contributed by atoms with Gasteiger partial charge in [0.2, 0.25) is 0 Å². The summed E-state index contributed by atoms with van der Waals surface area (Å²) >= 11 is 0. The van der Waals surface area contributed by atoms with Gasteiger partial charge in [-0.1, -0.05) is 12.8 Å². The van der Waals surface area contributed by atoms with Crippen molar-refractivity contribution in [1.82, 2.24) is 4.90 Å². The molecule has 0 heterocycles. The second-order valence-corrected chi connectivity index (χ2v) is 1.85. The molecule has 0 aliphatic heterocycles. The molecule has 0 bridgehead atoms. The van der Waals surface area contributed by atoms with Gasteiger partial charge in [0.05, 0.1) is 0 Å². The van der Waals surface area contributed by atoms with Gasteiger partial charge in [0.1, 0.15) is 0 Å². The van der Waals surface area contributed by atoms with Crippen LogP contribution in [0.1, 0.15) is 13.3 Å². The lowest BCUT2D eigenvalue weighted by Gasteiger charge is -2.01. The van der Waals surface area contributed by atoms with Crippen molar-refractivity contribution in [2.24, 2.45) is 0 Å². The van der Waals surface area contributed by atoms with E-state index in [1.54, 1.807) is 14.1 Å². The third kappa shape index (κ3) is 3.60. The minimum absolute atomic E-state index is 0.128. The minimum atomic E-state index is -0.128. The van der Waals surface area contributed by atoms with Crippen LogP contribution in [0.5, 0.6) is 0 Å². The van der Waals surface area contributed by atoms with E-state index in [2.05, 4.69) is 11.8 Å². The zero-order chi connectivity index (χ0) is 7.28. The molecule has 0 aromatic rings. The molecule has 0 saturated heterocycles. The van der Waals surface area contributed by atoms with E-state index in [9.17, 15) is 4.79 Å². The summed E-state index contributed by atoms with van der Waals surface area (Å²) in [5.74, 6) is 5.03. The second-order valence-electron chi connectivity index (χ2n) is 1.85. The highest BCUT2D eigenvalue weighted by Crippen LogP contribution is 1.75. The predicted molar refractivity (Wildman–Crippen MR) is 36.8 cm³/mol. The molecule has 0 N–H and O–H groups in total. The number of carbonyl (C=O) groups excluding carboxylic acids is 1. The van der Waals surface area contributed by atoms with Crippen molar-refractivity contribution in [2.45, 2.75) is 13.3 Å². The normalized spacial score (nSPS) is 7.44. The molecule has 0 aliphatic carbocycles. The van der Waals surface area contributed by atoms with Crippen molar-refractivity contribution in [3.05, 3.63) is 0 Å². The zero-order valence-electron chi connectivity index (χ0n) is 6.06. The Hall–Kier alpha value is -0.970. The van der Waals surface area contributed by atoms with Crippen LogP contribution in [0, 0.1) is 11.8 Å². The van der Waals surface area contributed by atoms with E-state index in [1.165, 1.54) is 4.90 Å². The van der Waals surface area contributed by atoms with Crippen LogP contribution in [-0.2, 0) is 4.79 Å². The number of carbonyl (C=O) groups is 1. The van der Waals surface area contributed by atoms with Gasteiger partial charge in [0.25, 0.3) is 5.91 Å². The molecule has 1 amide bonds. The van der Waals surface area contributed by atoms with Crippen LogP contribution < -0.4 is 0 Å². The van der Waals surface area contributed by atoms with E-state index >= 15 is 0 Å². The van der Waals surface area contributed by atoms with Crippen LogP contribution >= 0.6 is 0 Å². The Labute approximate surface area is 55.8 Å². The van der Waals surface area contributed by atoms with Crippen LogP contribution in [0.25, 0.3) is 0 Å². The van der Waals surface area contributed by atoms with E-state index in [0.29, 0.717) is 0 Å². The average molecular weight is 125 g/mol. The van der Waals surface area contributed by atoms with Crippen molar-refractivity contribution < 1.29 is 4.79 Å². The molecule has 50 valence electrons. The summed E-state index contributed by atoms with van der Waals surface area (Å²) in [7, 11) is 3.37. The number of hydrogen-bond acceptors (Lipinski definition) is 1. The molecule has 0 atom stereocenters. The summed E-state index contributed by atoms with van der Waals surface area (Å²) in [6.07, 6.45) is 0.736. The number of hydrogen-bond donors (Lipinski definition) is 0. The Morgan fingerprint density at radius 2 is 2.11 bits per heavy atom. The van der Waals surface area contributed by atoms with Crippen LogP contribution in [0.15, 0.2) is 0 Å². The average Bonchev–Trinajstić information content (AvgIpc) is 1.82. The number of amides is 1. The molecule has 0 aliphatic rings. The van der Waals surface area contributed by atoms with Gasteiger partial charge in [-0.15, -0.1) is 0 Å². The second kappa shape index (κ2) is 3.96. The maximum atomic E-state index is 10.7. The summed E-state index contributed by atoms with van der Waals surface area (Å²) in [6.45, 7) is 1.91. The third-order valence-corrected chi connectivity index (χ3v) is 0.778. The lowest BCUT2D eigenvalue weighted by Crippen LogP contribution is -2.19. The van der Waals surface area contributed by atoms with Crippen LogP contribution in [0.3, 0.4) is 0 Å². The lowest BCUT2D eigenvalue weighted by molar-refractivity contribution is -0.122. The molecular weight excluding hydrogens is 114 g/mol. The molecule has 0 rings (SSSR count). The molecule has 0 unspecified atom stereocenters. The monoisotopic (exact) mass is 125 g/mol. The summed E-state index contributed by atoms with van der Waals surface area (Å²) in [5.41, 5.74) is 0. The maximum absolute atomic E-state index is 10.7. The highest BCUT2D eigenvalue weighted by atomic mass is 16.2. The van der Waals surface area contributed by atoms with Crippen molar-refractivity contribution >= 4 is 5.91 Å². The fraction of sp³-hybridized carbons (Fsp3) is 0.571. The van der Waals surface area contributed by atoms with E-state index < -0.39 is 0 Å². The molecule has 9 heavy (non-hydrogen) atoms. The summed E-state index contributed by atoms with van der Waals surface area (Å²) in [6, 6.07) is 0. The molecule has 0 aromatic heterocycles. The molecule has 2 heteroatoms. The SMILES string of the molecule is CCC#CC(=O)N(C)C. The fourth-order valence-electron chi connectivity index (χ4n) is 0.276. The lowest BCUT2D eigenvalue weighted by atomic mass is 10.4. The molecule has 2 nitrogen and oxygen atoms in total. The first kappa shape index (κ1) is 8.03. The highest BCUT2D eigenvalue weighted by molar-refractivity contribution is 5.93. The largest absolute Gasteiger partial charge is 0.338 e. The zero-order valence-corrected chi connectivity index (χ0v) is 6.06. The van der Waals surface area contributed by atoms with Gasteiger partial charge in [-0.25, -0.2) is 0 Å². The quantitative estimate of drug-likeness (QED) is 0.431. The van der Waals surface area contributed by atoms with E-state index in [1.807, 2.05) is 6.92 Å². The standard InChI is InChI=1S/C7H11NO/c1-4-5-6-7(9)8(2)3/h4H2,1-3H3. The van der Waals surface area contributed by atoms with Crippen molar-refractivity contribution in [1.29, 1.82) is 0 Å². The Kier molecular flexibility index (Phi) is 3.54. The van der Waals surface area contributed by atoms with Gasteiger partial charge in [-0.05, 0) is 5.92 Å². The predicted octanol–water partition coefficient (Wildman–Crippen LogP) is 0.488. The Morgan fingerprint density at radius 1 is 1.56 bits per heavy atom. The molecule has 0 radical (unpaired) electrons. The maximum Gasteiger partial charge on any atom is 0.297 e. The fourth-order valence-corrected chi connectivity index (χ4v) is 0.276. The van der Waals surface area contributed by atoms with Gasteiger partial charge >= 0.3 is 0 Å². The first-order valence-electron chi connectivity index (χ1n) is 2.88. The highest BCUT2D eigenvalue weighted by Gasteiger charge is 1.94. The Balaban J connectivity index is 3.77. The van der Waals surface area contributed by atoms with Crippen molar-refractivity contribution in [2.75, 3.05) is 14.1 Å². The van der Waals surface area contributed by atoms with Crippen LogP contribution in [-0.4, -0.2) is 24.9 Å². The van der Waals surface area contributed by atoms with Crippen LogP contribution in [0.2, 0.25) is 0 Å². The molecule has 0 aromatic carbocycles. The van der Waals surface area contributed by atoms with Gasteiger partial charge in [-0.2, -0.15) is 0 Å². The van der Waals surface area contributed by atoms with Crippen LogP contribution in [0.4, 0.5) is 0 Å². The van der Waals surface area contributed by atoms with E-state index in [0.717, 1.165) is 6.42 Å². The smallest absolute Gasteiger partial charge is 0.297 e. The first-order valence-corrected chi connectivity index (χ1v) is 2.88. The van der Waals surface area contributed by atoms with Gasteiger partial charge < -0.3 is 4.90 Å². The summed E-state index contributed by atoms with van der Waals surface area (Å²) in [5, 5.41) is 0. The molecule has 0 fully saturated rings.